The third-order valence-corrected chi connectivity index (χ3v) is 2.26. The summed E-state index contributed by atoms with van der Waals surface area (Å²) < 4.78 is 0. The molecule has 0 aliphatic rings. The van der Waals surface area contributed by atoms with Gasteiger partial charge in [-0.05, 0) is 24.3 Å². The van der Waals surface area contributed by atoms with E-state index in [1.165, 1.54) is 0 Å². The van der Waals surface area contributed by atoms with Crippen LogP contribution in [0, 0.1) is 11.3 Å². The second-order valence-electron chi connectivity index (χ2n) is 3.71. The number of nitrogens with one attached hydrogen (secondary N) is 2. The quantitative estimate of drug-likeness (QED) is 0.616. The summed E-state index contributed by atoms with van der Waals surface area (Å²) in [5, 5.41) is 30.9. The Morgan fingerprint density at radius 1 is 1.32 bits per heavy atom. The summed E-state index contributed by atoms with van der Waals surface area (Å²) in [5.41, 5.74) is 0.992. The average molecular weight is 263 g/mol. The Hall–Kier alpha value is -2.59. The highest BCUT2D eigenvalue weighted by Crippen LogP contribution is 2.08. The van der Waals surface area contributed by atoms with Crippen molar-refractivity contribution in [2.45, 2.75) is 12.5 Å². The first-order chi connectivity index (χ1) is 9.02. The third kappa shape index (κ3) is 5.06. The first-order valence-corrected chi connectivity index (χ1v) is 5.49. The lowest BCUT2D eigenvalue weighted by Gasteiger charge is -2.08. The lowest BCUT2D eigenvalue weighted by atomic mass is 10.2. The van der Waals surface area contributed by atoms with Crippen LogP contribution in [-0.4, -0.2) is 34.9 Å². The van der Waals surface area contributed by atoms with Crippen molar-refractivity contribution in [2.75, 3.05) is 11.9 Å². The Morgan fingerprint density at radius 2 is 1.95 bits per heavy atom. The lowest BCUT2D eigenvalue weighted by Crippen LogP contribution is -2.33. The Morgan fingerprint density at radius 3 is 2.47 bits per heavy atom. The predicted octanol–water partition coefficient (Wildman–Crippen LogP) is 0.515. The van der Waals surface area contributed by atoms with E-state index in [1.807, 2.05) is 6.07 Å². The predicted molar refractivity (Wildman–Crippen MR) is 66.4 cm³/mol. The van der Waals surface area contributed by atoms with Gasteiger partial charge in [0.1, 0.15) is 0 Å². The van der Waals surface area contributed by atoms with Crippen molar-refractivity contribution in [2.24, 2.45) is 0 Å². The maximum atomic E-state index is 11.4. The van der Waals surface area contributed by atoms with Crippen molar-refractivity contribution in [3.8, 4) is 6.07 Å². The highest BCUT2D eigenvalue weighted by Gasteiger charge is 2.12. The first-order valence-electron chi connectivity index (χ1n) is 5.49. The van der Waals surface area contributed by atoms with E-state index in [9.17, 15) is 9.59 Å². The summed E-state index contributed by atoms with van der Waals surface area (Å²) in [5.74, 6) is -1.32. The van der Waals surface area contributed by atoms with E-state index >= 15 is 0 Å². The summed E-state index contributed by atoms with van der Waals surface area (Å²) in [6.07, 6.45) is -1.56. The van der Waals surface area contributed by atoms with Crippen molar-refractivity contribution >= 4 is 17.7 Å². The zero-order valence-electron chi connectivity index (χ0n) is 9.96. The summed E-state index contributed by atoms with van der Waals surface area (Å²) in [6.45, 7) is 0.0373. The molecule has 0 unspecified atom stereocenters. The second kappa shape index (κ2) is 6.98. The van der Waals surface area contributed by atoms with Gasteiger partial charge in [0.05, 0.1) is 11.6 Å². The molecule has 7 nitrogen and oxygen atoms in total. The third-order valence-electron chi connectivity index (χ3n) is 2.26. The molecule has 0 heterocycles. The molecule has 0 bridgehead atoms. The number of benzene rings is 1. The zero-order chi connectivity index (χ0) is 14.3. The van der Waals surface area contributed by atoms with Crippen LogP contribution in [0.1, 0.15) is 12.0 Å². The average Bonchev–Trinajstić information content (AvgIpc) is 2.39. The van der Waals surface area contributed by atoms with Gasteiger partial charge in [-0.2, -0.15) is 5.26 Å². The van der Waals surface area contributed by atoms with Crippen LogP contribution in [0.4, 0.5) is 10.5 Å². The maximum absolute atomic E-state index is 11.4. The molecular formula is C12H13N3O4. The zero-order valence-corrected chi connectivity index (χ0v) is 9.96. The summed E-state index contributed by atoms with van der Waals surface area (Å²) in [4.78, 5) is 21.7. The van der Waals surface area contributed by atoms with Crippen molar-refractivity contribution in [3.05, 3.63) is 29.8 Å². The van der Waals surface area contributed by atoms with Crippen LogP contribution in [0.3, 0.4) is 0 Å². The number of anilines is 1. The number of aliphatic hydroxyl groups excluding tert-OH is 1. The number of nitriles is 1. The van der Waals surface area contributed by atoms with Crippen molar-refractivity contribution in [1.29, 1.82) is 5.26 Å². The highest BCUT2D eigenvalue weighted by molar-refractivity contribution is 5.89. The molecule has 1 rings (SSSR count). The Labute approximate surface area is 109 Å². The largest absolute Gasteiger partial charge is 0.479 e. The van der Waals surface area contributed by atoms with Gasteiger partial charge in [0.25, 0.3) is 0 Å². The van der Waals surface area contributed by atoms with Gasteiger partial charge in [-0.3, -0.25) is 0 Å². The summed E-state index contributed by atoms with van der Waals surface area (Å²) in [6, 6.07) is 7.71. The Bertz CT molecular complexity index is 493. The molecule has 0 spiro atoms. The number of aliphatic carboxylic acids is 1. The van der Waals surface area contributed by atoms with Crippen LogP contribution < -0.4 is 10.6 Å². The van der Waals surface area contributed by atoms with Crippen LogP contribution in [-0.2, 0) is 4.79 Å². The van der Waals surface area contributed by atoms with E-state index in [0.717, 1.165) is 0 Å². The molecule has 100 valence electrons. The second-order valence-corrected chi connectivity index (χ2v) is 3.71. The Kier molecular flexibility index (Phi) is 5.32. The molecule has 0 aliphatic heterocycles. The number of hydrogen-bond acceptors (Lipinski definition) is 4. The van der Waals surface area contributed by atoms with Gasteiger partial charge < -0.3 is 20.8 Å². The molecule has 0 aliphatic carbocycles. The van der Waals surface area contributed by atoms with Gasteiger partial charge in [0.15, 0.2) is 6.10 Å². The minimum Gasteiger partial charge on any atom is -0.479 e. The smallest absolute Gasteiger partial charge is 0.332 e. The molecule has 4 N–H and O–H groups in total. The number of rotatable bonds is 5. The van der Waals surface area contributed by atoms with Crippen LogP contribution in [0.15, 0.2) is 24.3 Å². The summed E-state index contributed by atoms with van der Waals surface area (Å²) >= 11 is 0. The van der Waals surface area contributed by atoms with Crippen LogP contribution in [0.25, 0.3) is 0 Å². The van der Waals surface area contributed by atoms with Crippen LogP contribution >= 0.6 is 0 Å². The minimum absolute atomic E-state index is 0.0373. The number of urea groups is 1. The molecule has 0 fully saturated rings. The number of amides is 2. The highest BCUT2D eigenvalue weighted by atomic mass is 16.4. The fourth-order valence-corrected chi connectivity index (χ4v) is 1.25. The van der Waals surface area contributed by atoms with E-state index in [-0.39, 0.29) is 13.0 Å². The minimum atomic E-state index is -1.49. The van der Waals surface area contributed by atoms with Gasteiger partial charge in [-0.15, -0.1) is 0 Å². The molecule has 1 aromatic rings. The van der Waals surface area contributed by atoms with Crippen LogP contribution in [0.2, 0.25) is 0 Å². The van der Waals surface area contributed by atoms with Gasteiger partial charge in [-0.1, -0.05) is 0 Å². The Balaban J connectivity index is 2.35. The number of carbonyl (C=O) groups is 2. The number of aliphatic hydroxyl groups is 1. The topological polar surface area (TPSA) is 122 Å². The fourth-order valence-electron chi connectivity index (χ4n) is 1.25. The van der Waals surface area contributed by atoms with Gasteiger partial charge >= 0.3 is 12.0 Å². The van der Waals surface area contributed by atoms with E-state index in [4.69, 9.17) is 15.5 Å². The van der Waals surface area contributed by atoms with Gasteiger partial charge in [0, 0.05) is 18.7 Å². The SMILES string of the molecule is N#Cc1ccc(NC(=O)NCC[C@H](O)C(=O)O)cc1. The molecule has 2 amide bonds. The molecule has 0 saturated heterocycles. The van der Waals surface area contributed by atoms with Gasteiger partial charge in [-0.25, -0.2) is 9.59 Å². The molecule has 19 heavy (non-hydrogen) atoms. The molecule has 0 aromatic heterocycles. The van der Waals surface area contributed by atoms with E-state index in [0.29, 0.717) is 11.3 Å². The molecule has 7 heteroatoms. The van der Waals surface area contributed by atoms with E-state index in [2.05, 4.69) is 10.6 Å². The van der Waals surface area contributed by atoms with E-state index in [1.54, 1.807) is 24.3 Å². The summed E-state index contributed by atoms with van der Waals surface area (Å²) in [7, 11) is 0. The first kappa shape index (κ1) is 14.5. The fraction of sp³-hybridized carbons (Fsp3) is 0.250. The molecule has 1 aromatic carbocycles. The number of hydrogen-bond donors (Lipinski definition) is 4. The molecule has 0 saturated carbocycles. The lowest BCUT2D eigenvalue weighted by molar-refractivity contribution is -0.146. The molecule has 1 atom stereocenters. The number of nitrogens with zero attached hydrogens (tertiary/aromatic N) is 1. The maximum Gasteiger partial charge on any atom is 0.332 e. The number of carbonyl (C=O) groups excluding carboxylic acids is 1. The molecular weight excluding hydrogens is 250 g/mol. The number of carboxylic acids is 1. The van der Waals surface area contributed by atoms with E-state index < -0.39 is 18.1 Å². The van der Waals surface area contributed by atoms with Crippen LogP contribution in [0.5, 0.6) is 0 Å². The van der Waals surface area contributed by atoms with Crippen molar-refractivity contribution in [1.82, 2.24) is 5.32 Å². The monoisotopic (exact) mass is 263 g/mol. The van der Waals surface area contributed by atoms with Gasteiger partial charge in [0.2, 0.25) is 0 Å². The standard InChI is InChI=1S/C12H13N3O4/c13-7-8-1-3-9(4-2-8)15-12(19)14-6-5-10(16)11(17)18/h1-4,10,16H,5-6H2,(H,17,18)(H2,14,15,19)/t10-/m0/s1. The van der Waals surface area contributed by atoms with Crippen molar-refractivity contribution < 1.29 is 19.8 Å². The normalized spacial score (nSPS) is 11.2. The number of carboxylic acid groups (broad SMARTS) is 1. The van der Waals surface area contributed by atoms with Crippen molar-refractivity contribution in [3.63, 3.8) is 0 Å². The molecule has 0 radical (unpaired) electrons.